The van der Waals surface area contributed by atoms with Crippen LogP contribution in [0.1, 0.15) is 55.2 Å². The van der Waals surface area contributed by atoms with Gasteiger partial charge in [-0.25, -0.2) is 0 Å². The minimum Gasteiger partial charge on any atom is -0.490 e. The zero-order chi connectivity index (χ0) is 30.4. The predicted octanol–water partition coefficient (Wildman–Crippen LogP) is 4.28. The summed E-state index contributed by atoms with van der Waals surface area (Å²) >= 11 is 0. The van der Waals surface area contributed by atoms with Gasteiger partial charge in [0.15, 0.2) is 0 Å². The van der Waals surface area contributed by atoms with Crippen LogP contribution in [0.5, 0.6) is 5.75 Å². The van der Waals surface area contributed by atoms with Crippen LogP contribution in [0.4, 0.5) is 5.69 Å². The number of hydrogen-bond acceptors (Lipinski definition) is 8. The summed E-state index contributed by atoms with van der Waals surface area (Å²) in [6, 6.07) is 15.4. The zero-order valence-corrected chi connectivity index (χ0v) is 26.4. The third-order valence-electron chi connectivity index (χ3n) is 8.61. The van der Waals surface area contributed by atoms with Crippen molar-refractivity contribution in [2.75, 3.05) is 72.2 Å². The number of fused-ring (bicyclic) bond motifs is 1. The smallest absolute Gasteiger partial charge is 0.222 e. The van der Waals surface area contributed by atoms with Crippen molar-refractivity contribution in [3.8, 4) is 5.75 Å². The van der Waals surface area contributed by atoms with Crippen LogP contribution in [0.25, 0.3) is 0 Å². The summed E-state index contributed by atoms with van der Waals surface area (Å²) in [7, 11) is 5.15. The first-order chi connectivity index (χ1) is 21.1. The van der Waals surface area contributed by atoms with Crippen LogP contribution in [-0.2, 0) is 37.0 Å². The molecule has 0 radical (unpaired) electrons. The second kappa shape index (κ2) is 17.6. The van der Waals surface area contributed by atoms with Crippen LogP contribution in [0.15, 0.2) is 42.5 Å². The van der Waals surface area contributed by atoms with E-state index in [1.165, 1.54) is 5.56 Å². The van der Waals surface area contributed by atoms with Gasteiger partial charge in [-0.1, -0.05) is 37.3 Å². The number of piperidine rings is 1. The van der Waals surface area contributed by atoms with E-state index in [1.807, 2.05) is 0 Å². The number of carbonyl (C=O) groups excluding carboxylic acids is 1. The van der Waals surface area contributed by atoms with Gasteiger partial charge in [0.1, 0.15) is 12.4 Å². The number of benzene rings is 2. The van der Waals surface area contributed by atoms with Gasteiger partial charge in [-0.05, 0) is 54.5 Å². The van der Waals surface area contributed by atoms with Crippen LogP contribution < -0.4 is 20.3 Å². The number of rotatable bonds is 17. The minimum atomic E-state index is -0.00297. The predicted molar refractivity (Wildman–Crippen MR) is 169 cm³/mol. The standard InChI is InChI=1S/C34H51N3O6/c1-5-27(34(38)35-2)20-29-21-30(28-10-7-25(8-11-28)23-41-18-17-40-4)33(22-36-29)43-24-26-9-12-32-31(19-26)37(14-16-42-32)13-6-15-39-3/h7-12,19,27,29-30,33,36H,5-6,13-18,20-24H2,1-4H3,(H,35,38)/t27?,29-,30+,33-/m0/s1. The first-order valence-corrected chi connectivity index (χ1v) is 15.8. The number of nitrogens with zero attached hydrogens (tertiary/aromatic N) is 1. The molecule has 0 aliphatic carbocycles. The average Bonchev–Trinajstić information content (AvgIpc) is 3.05. The fourth-order valence-corrected chi connectivity index (χ4v) is 6.12. The SMILES string of the molecule is CCC(C[C@H]1C[C@H](c2ccc(COCCOC)cc2)[C@@H](OCc2ccc3c(c2)N(CCCOC)CCO3)CN1)C(=O)NC. The maximum Gasteiger partial charge on any atom is 0.222 e. The van der Waals surface area contributed by atoms with E-state index in [1.54, 1.807) is 21.3 Å². The molecule has 2 aliphatic heterocycles. The normalized spacial score (nSPS) is 20.7. The highest BCUT2D eigenvalue weighted by molar-refractivity contribution is 5.78. The molecule has 4 rings (SSSR count). The lowest BCUT2D eigenvalue weighted by atomic mass is 9.81. The maximum absolute atomic E-state index is 12.5. The Morgan fingerprint density at radius 3 is 2.60 bits per heavy atom. The van der Waals surface area contributed by atoms with Crippen LogP contribution in [0, 0.1) is 5.92 Å². The fourth-order valence-electron chi connectivity index (χ4n) is 6.12. The van der Waals surface area contributed by atoms with Crippen molar-refractivity contribution >= 4 is 11.6 Å². The molecule has 43 heavy (non-hydrogen) atoms. The lowest BCUT2D eigenvalue weighted by Gasteiger charge is -2.38. The molecule has 1 fully saturated rings. The Hall–Kier alpha value is -2.69. The van der Waals surface area contributed by atoms with E-state index in [9.17, 15) is 4.79 Å². The maximum atomic E-state index is 12.5. The molecule has 1 saturated heterocycles. The van der Waals surface area contributed by atoms with Crippen molar-refractivity contribution in [2.45, 2.75) is 63.9 Å². The van der Waals surface area contributed by atoms with Crippen molar-refractivity contribution in [1.82, 2.24) is 10.6 Å². The van der Waals surface area contributed by atoms with Crippen molar-refractivity contribution in [3.63, 3.8) is 0 Å². The van der Waals surface area contributed by atoms with Gasteiger partial charge in [-0.15, -0.1) is 0 Å². The molecule has 2 heterocycles. The van der Waals surface area contributed by atoms with Gasteiger partial charge >= 0.3 is 0 Å². The second-order valence-electron chi connectivity index (χ2n) is 11.5. The summed E-state index contributed by atoms with van der Waals surface area (Å²) in [4.78, 5) is 14.8. The van der Waals surface area contributed by atoms with Crippen LogP contribution in [0.3, 0.4) is 0 Å². The molecule has 2 N–H and O–H groups in total. The van der Waals surface area contributed by atoms with Crippen molar-refractivity contribution in [3.05, 3.63) is 59.2 Å². The molecular formula is C34H51N3O6. The van der Waals surface area contributed by atoms with E-state index in [4.69, 9.17) is 23.7 Å². The van der Waals surface area contributed by atoms with E-state index in [-0.39, 0.29) is 29.9 Å². The molecule has 9 nitrogen and oxygen atoms in total. The van der Waals surface area contributed by atoms with Gasteiger partial charge in [-0.3, -0.25) is 4.79 Å². The monoisotopic (exact) mass is 597 g/mol. The van der Waals surface area contributed by atoms with Crippen LogP contribution >= 0.6 is 0 Å². The number of methoxy groups -OCH3 is 2. The molecule has 0 bridgehead atoms. The van der Waals surface area contributed by atoms with E-state index in [2.05, 4.69) is 64.9 Å². The lowest BCUT2D eigenvalue weighted by Crippen LogP contribution is -2.48. The topological polar surface area (TPSA) is 90.5 Å². The van der Waals surface area contributed by atoms with Crippen LogP contribution in [0.2, 0.25) is 0 Å². The number of hydrogen-bond donors (Lipinski definition) is 2. The number of carbonyl (C=O) groups is 1. The molecule has 0 spiro atoms. The van der Waals surface area contributed by atoms with E-state index >= 15 is 0 Å². The molecule has 9 heteroatoms. The summed E-state index contributed by atoms with van der Waals surface area (Å²) in [5, 5.41) is 6.54. The summed E-state index contributed by atoms with van der Waals surface area (Å²) in [5.41, 5.74) is 4.66. The Morgan fingerprint density at radius 1 is 1.07 bits per heavy atom. The number of ether oxygens (including phenoxy) is 5. The molecule has 2 aromatic rings. The van der Waals surface area contributed by atoms with Crippen molar-refractivity contribution < 1.29 is 28.5 Å². The molecule has 1 unspecified atom stereocenters. The van der Waals surface area contributed by atoms with Crippen molar-refractivity contribution in [1.29, 1.82) is 0 Å². The first-order valence-electron chi connectivity index (χ1n) is 15.8. The quantitative estimate of drug-likeness (QED) is 0.261. The van der Waals surface area contributed by atoms with Gasteiger partial charge in [0.05, 0.1) is 44.8 Å². The number of nitrogens with one attached hydrogen (secondary N) is 2. The Bertz CT molecular complexity index is 1110. The largest absolute Gasteiger partial charge is 0.490 e. The third kappa shape index (κ3) is 9.65. The summed E-state index contributed by atoms with van der Waals surface area (Å²) in [6.07, 6.45) is 3.53. The Morgan fingerprint density at radius 2 is 1.86 bits per heavy atom. The number of amides is 1. The Labute approximate surface area is 257 Å². The van der Waals surface area contributed by atoms with Crippen LogP contribution in [-0.4, -0.2) is 85.4 Å². The van der Waals surface area contributed by atoms with Gasteiger partial charge in [-0.2, -0.15) is 0 Å². The van der Waals surface area contributed by atoms with E-state index < -0.39 is 0 Å². The van der Waals surface area contributed by atoms with Gasteiger partial charge < -0.3 is 39.2 Å². The third-order valence-corrected chi connectivity index (χ3v) is 8.61. The number of anilines is 1. The Kier molecular flexibility index (Phi) is 13.6. The van der Waals surface area contributed by atoms with Gasteiger partial charge in [0.25, 0.3) is 0 Å². The van der Waals surface area contributed by atoms with E-state index in [0.29, 0.717) is 33.0 Å². The second-order valence-corrected chi connectivity index (χ2v) is 11.5. The van der Waals surface area contributed by atoms with E-state index in [0.717, 1.165) is 74.5 Å². The molecule has 238 valence electrons. The average molecular weight is 598 g/mol. The highest BCUT2D eigenvalue weighted by Gasteiger charge is 2.34. The molecule has 2 aliphatic rings. The summed E-state index contributed by atoms with van der Waals surface area (Å²) in [6.45, 7) is 8.33. The first kappa shape index (κ1) is 33.2. The minimum absolute atomic E-state index is 0.00297. The highest BCUT2D eigenvalue weighted by Crippen LogP contribution is 2.35. The van der Waals surface area contributed by atoms with Gasteiger partial charge in [0.2, 0.25) is 5.91 Å². The fraction of sp³-hybridized carbons (Fsp3) is 0.618. The van der Waals surface area contributed by atoms with Crippen molar-refractivity contribution in [2.24, 2.45) is 5.92 Å². The summed E-state index contributed by atoms with van der Waals surface area (Å²) < 4.78 is 28.7. The molecule has 1 amide bonds. The lowest BCUT2D eigenvalue weighted by molar-refractivity contribution is -0.125. The molecule has 0 saturated carbocycles. The molecular weight excluding hydrogens is 546 g/mol. The zero-order valence-electron chi connectivity index (χ0n) is 26.4. The van der Waals surface area contributed by atoms with Gasteiger partial charge in [0, 0.05) is 58.8 Å². The Balaban J connectivity index is 1.45. The summed E-state index contributed by atoms with van der Waals surface area (Å²) in [5.74, 6) is 1.25. The molecule has 0 aromatic heterocycles. The highest BCUT2D eigenvalue weighted by atomic mass is 16.5. The molecule has 4 atom stereocenters. The molecule has 2 aromatic carbocycles.